The molecule has 0 amide bonds. The first-order chi connectivity index (χ1) is 17.1. The summed E-state index contributed by atoms with van der Waals surface area (Å²) in [4.78, 5) is 24.6. The molecule has 0 aromatic carbocycles. The lowest BCUT2D eigenvalue weighted by atomic mass is 9.65. The van der Waals surface area contributed by atoms with Crippen molar-refractivity contribution in [1.29, 1.82) is 0 Å². The molecular weight excluding hydrogens is 456 g/mol. The zero-order valence-corrected chi connectivity index (χ0v) is 22.9. The molecule has 2 aliphatic heterocycles. The molecule has 36 heavy (non-hydrogen) atoms. The van der Waals surface area contributed by atoms with Crippen LogP contribution in [-0.4, -0.2) is 61.5 Å². The van der Waals surface area contributed by atoms with Gasteiger partial charge >= 0.3 is 11.9 Å². The van der Waals surface area contributed by atoms with Crippen molar-refractivity contribution in [1.82, 2.24) is 10.6 Å². The number of hydrogen-bond donors (Lipinski definition) is 3. The van der Waals surface area contributed by atoms with E-state index in [0.717, 1.165) is 51.9 Å². The van der Waals surface area contributed by atoms with Crippen LogP contribution in [0.1, 0.15) is 73.1 Å². The fraction of sp³-hybridized carbons (Fsp3) is 0.793. The van der Waals surface area contributed by atoms with Crippen molar-refractivity contribution in [3.05, 3.63) is 23.8 Å². The molecule has 7 nitrogen and oxygen atoms in total. The van der Waals surface area contributed by atoms with Crippen LogP contribution in [0.2, 0.25) is 0 Å². The number of nitrogens with one attached hydrogen (secondary N) is 2. The number of carbonyl (C=O) groups is 2. The lowest BCUT2D eigenvalue weighted by Crippen LogP contribution is -2.43. The molecule has 2 fully saturated rings. The van der Waals surface area contributed by atoms with Gasteiger partial charge in [-0.25, -0.2) is 0 Å². The van der Waals surface area contributed by atoms with Gasteiger partial charge in [0.25, 0.3) is 0 Å². The summed E-state index contributed by atoms with van der Waals surface area (Å²) in [7, 11) is 0. The number of allylic oxidation sites excluding steroid dienone is 3. The fourth-order valence-corrected chi connectivity index (χ4v) is 5.68. The molecule has 0 unspecified atom stereocenters. The Bertz CT molecular complexity index is 792. The monoisotopic (exact) mass is 504 g/mol. The molecule has 0 saturated carbocycles. The molecular formula is C29H48N2O5. The maximum Gasteiger partial charge on any atom is 0.311 e. The second-order valence-corrected chi connectivity index (χ2v) is 11.8. The summed E-state index contributed by atoms with van der Waals surface area (Å²) in [6.45, 7) is 14.9. The van der Waals surface area contributed by atoms with Gasteiger partial charge in [-0.3, -0.25) is 9.59 Å². The summed E-state index contributed by atoms with van der Waals surface area (Å²) in [5.41, 5.74) is 0.785. The van der Waals surface area contributed by atoms with E-state index >= 15 is 0 Å². The Labute approximate surface area is 217 Å². The van der Waals surface area contributed by atoms with Crippen LogP contribution < -0.4 is 10.6 Å². The van der Waals surface area contributed by atoms with Crippen LogP contribution in [0.3, 0.4) is 0 Å². The first-order valence-corrected chi connectivity index (χ1v) is 14.0. The number of cyclic esters (lactones) is 1. The van der Waals surface area contributed by atoms with Crippen LogP contribution >= 0.6 is 0 Å². The Hall–Kier alpha value is -1.70. The number of esters is 2. The second-order valence-electron chi connectivity index (χ2n) is 11.8. The minimum Gasteiger partial charge on any atom is -0.462 e. The van der Waals surface area contributed by atoms with E-state index in [1.54, 1.807) is 0 Å². The van der Waals surface area contributed by atoms with Gasteiger partial charge in [0.05, 0.1) is 17.9 Å². The highest BCUT2D eigenvalue weighted by Crippen LogP contribution is 2.45. The molecule has 2 heterocycles. The highest BCUT2D eigenvalue weighted by atomic mass is 16.6. The van der Waals surface area contributed by atoms with Crippen LogP contribution in [-0.2, 0) is 19.1 Å². The van der Waals surface area contributed by atoms with Gasteiger partial charge < -0.3 is 25.2 Å². The summed E-state index contributed by atoms with van der Waals surface area (Å²) in [5.74, 6) is 0.776. The van der Waals surface area contributed by atoms with Crippen molar-refractivity contribution in [2.45, 2.75) is 91.5 Å². The summed E-state index contributed by atoms with van der Waals surface area (Å²) in [6.07, 6.45) is 9.61. The third kappa shape index (κ3) is 7.90. The van der Waals surface area contributed by atoms with Gasteiger partial charge in [-0.2, -0.15) is 0 Å². The molecule has 2 aliphatic carbocycles. The number of rotatable bonds is 6. The average molecular weight is 505 g/mol. The van der Waals surface area contributed by atoms with E-state index in [2.05, 4.69) is 42.7 Å². The molecule has 0 radical (unpaired) electrons. The average Bonchev–Trinajstić information content (AvgIpc) is 2.84. The van der Waals surface area contributed by atoms with Crippen molar-refractivity contribution in [2.75, 3.05) is 26.2 Å². The number of aliphatic hydroxyl groups is 1. The molecule has 0 spiro atoms. The Kier molecular flexibility index (Phi) is 10.6. The van der Waals surface area contributed by atoms with Crippen molar-refractivity contribution in [2.24, 2.45) is 29.1 Å². The minimum absolute atomic E-state index is 0.0949. The number of carbonyl (C=O) groups excluding carboxylic acids is 2. The lowest BCUT2D eigenvalue weighted by molar-refractivity contribution is -0.166. The van der Waals surface area contributed by atoms with Crippen molar-refractivity contribution in [3.8, 4) is 0 Å². The third-order valence-corrected chi connectivity index (χ3v) is 8.30. The van der Waals surface area contributed by atoms with E-state index in [1.807, 2.05) is 20.8 Å². The Balaban J connectivity index is 0.000000526. The van der Waals surface area contributed by atoms with Crippen LogP contribution in [0.15, 0.2) is 23.8 Å². The van der Waals surface area contributed by atoms with Gasteiger partial charge in [-0.1, -0.05) is 39.0 Å². The molecule has 3 N–H and O–H groups in total. The van der Waals surface area contributed by atoms with Crippen molar-refractivity contribution < 1.29 is 24.2 Å². The SMILES string of the molecule is C1CNCCN1.CCC(C)(C)C(=O)O[C@H]1C[C@@H](C)C=C2C=C[C@H](C)[C@H](CC[C@@H]3C[C@@H](O)CC(=O)O3)[C@H]21. The minimum atomic E-state index is -0.601. The van der Waals surface area contributed by atoms with Gasteiger partial charge in [-0.05, 0) is 62.9 Å². The Morgan fingerprint density at radius 1 is 1.14 bits per heavy atom. The summed E-state index contributed by atoms with van der Waals surface area (Å²) >= 11 is 0. The smallest absolute Gasteiger partial charge is 0.311 e. The van der Waals surface area contributed by atoms with Gasteiger partial charge in [0, 0.05) is 38.5 Å². The van der Waals surface area contributed by atoms with Crippen molar-refractivity contribution in [3.63, 3.8) is 0 Å². The van der Waals surface area contributed by atoms with Crippen LogP contribution in [0.25, 0.3) is 0 Å². The maximum absolute atomic E-state index is 12.9. The molecule has 2 saturated heterocycles. The van der Waals surface area contributed by atoms with Crippen LogP contribution in [0.4, 0.5) is 0 Å². The lowest BCUT2D eigenvalue weighted by Gasteiger charge is -2.44. The normalized spacial score (nSPS) is 34.4. The van der Waals surface area contributed by atoms with Gasteiger partial charge in [-0.15, -0.1) is 0 Å². The van der Waals surface area contributed by atoms with E-state index in [0.29, 0.717) is 24.2 Å². The van der Waals surface area contributed by atoms with Crippen LogP contribution in [0.5, 0.6) is 0 Å². The number of ether oxygens (including phenoxy) is 2. The summed E-state index contributed by atoms with van der Waals surface area (Å²) in [5, 5.41) is 16.4. The molecule has 4 aliphatic rings. The molecule has 0 aromatic rings. The van der Waals surface area contributed by atoms with E-state index < -0.39 is 11.5 Å². The van der Waals surface area contributed by atoms with Crippen molar-refractivity contribution >= 4 is 11.9 Å². The van der Waals surface area contributed by atoms with E-state index in [1.165, 1.54) is 5.57 Å². The first-order valence-electron chi connectivity index (χ1n) is 14.0. The Morgan fingerprint density at radius 2 is 1.81 bits per heavy atom. The first kappa shape index (κ1) is 28.9. The number of piperazine rings is 1. The zero-order chi connectivity index (χ0) is 26.3. The van der Waals surface area contributed by atoms with Gasteiger partial charge in [0.15, 0.2) is 0 Å². The predicted octanol–water partition coefficient (Wildman–Crippen LogP) is 3.76. The summed E-state index contributed by atoms with van der Waals surface area (Å²) in [6, 6.07) is 0. The molecule has 7 atom stereocenters. The second kappa shape index (κ2) is 13.2. The molecule has 7 heteroatoms. The summed E-state index contributed by atoms with van der Waals surface area (Å²) < 4.78 is 11.6. The van der Waals surface area contributed by atoms with Gasteiger partial charge in [0.2, 0.25) is 0 Å². The van der Waals surface area contributed by atoms with Crippen LogP contribution in [0, 0.1) is 29.1 Å². The molecule has 0 aromatic heterocycles. The number of fused-ring (bicyclic) bond motifs is 1. The Morgan fingerprint density at radius 3 is 2.39 bits per heavy atom. The molecule has 0 bridgehead atoms. The molecule has 204 valence electrons. The van der Waals surface area contributed by atoms with E-state index in [9.17, 15) is 14.7 Å². The predicted molar refractivity (Wildman–Crippen MR) is 141 cm³/mol. The maximum atomic E-state index is 12.9. The fourth-order valence-electron chi connectivity index (χ4n) is 5.68. The quantitative estimate of drug-likeness (QED) is 0.474. The standard InChI is InChI=1S/C25H38O5.C4H10N2/c1-6-25(4,5)24(28)30-21-12-15(2)11-17-8-7-16(3)20(23(17)21)10-9-19-13-18(26)14-22(27)29-19;1-2-6-4-3-5-1/h7-8,11,15-16,18-21,23,26H,6,9-10,12-14H2,1-5H3;5-6H,1-4H2/t15-,16-,18+,19+,20-,21-,23-;/m0./s1. The third-order valence-electron chi connectivity index (χ3n) is 8.30. The highest BCUT2D eigenvalue weighted by Gasteiger charge is 2.43. The van der Waals surface area contributed by atoms with E-state index in [4.69, 9.17) is 9.47 Å². The largest absolute Gasteiger partial charge is 0.462 e. The zero-order valence-electron chi connectivity index (χ0n) is 22.9. The topological polar surface area (TPSA) is 96.9 Å². The number of hydrogen-bond acceptors (Lipinski definition) is 7. The highest BCUT2D eigenvalue weighted by molar-refractivity contribution is 5.76. The van der Waals surface area contributed by atoms with E-state index in [-0.39, 0.29) is 36.5 Å². The van der Waals surface area contributed by atoms with Gasteiger partial charge in [0.1, 0.15) is 12.2 Å². The number of aliphatic hydroxyl groups excluding tert-OH is 1. The molecule has 4 rings (SSSR count).